The lowest BCUT2D eigenvalue weighted by molar-refractivity contribution is -0.139. The highest BCUT2D eigenvalue weighted by Crippen LogP contribution is 2.44. The number of ether oxygens (including phenoxy) is 2. The number of hydrogen-bond acceptors (Lipinski definition) is 6. The van der Waals surface area contributed by atoms with Crippen molar-refractivity contribution in [3.05, 3.63) is 89.6 Å². The topological polar surface area (TPSA) is 120 Å². The molecule has 1 aromatic heterocycles. The van der Waals surface area contributed by atoms with Crippen LogP contribution in [0.25, 0.3) is 22.0 Å². The lowest BCUT2D eigenvalue weighted by Gasteiger charge is -2.19. The summed E-state index contributed by atoms with van der Waals surface area (Å²) < 4.78 is 12.1. The molecule has 200 valence electrons. The zero-order valence-electron chi connectivity index (χ0n) is 21.9. The molecule has 9 heteroatoms. The lowest BCUT2D eigenvalue weighted by atomic mass is 9.98. The minimum absolute atomic E-state index is 0.0579. The van der Waals surface area contributed by atoms with Crippen LogP contribution >= 0.6 is 0 Å². The van der Waals surface area contributed by atoms with E-state index in [9.17, 15) is 19.5 Å². The lowest BCUT2D eigenvalue weighted by Crippen LogP contribution is -2.43. The van der Waals surface area contributed by atoms with E-state index in [1.807, 2.05) is 48.5 Å². The summed E-state index contributed by atoms with van der Waals surface area (Å²) in [6, 6.07) is 21.5. The van der Waals surface area contributed by atoms with Crippen LogP contribution in [-0.4, -0.2) is 51.3 Å². The van der Waals surface area contributed by atoms with Gasteiger partial charge in [-0.1, -0.05) is 66.7 Å². The van der Waals surface area contributed by atoms with E-state index in [2.05, 4.69) is 10.4 Å². The minimum Gasteiger partial charge on any atom is -0.480 e. The van der Waals surface area contributed by atoms with Crippen molar-refractivity contribution in [2.75, 3.05) is 6.61 Å². The van der Waals surface area contributed by atoms with Crippen LogP contribution in [0.15, 0.2) is 72.8 Å². The van der Waals surface area contributed by atoms with Crippen LogP contribution < -0.4 is 5.32 Å². The van der Waals surface area contributed by atoms with E-state index in [0.717, 1.165) is 26.9 Å². The molecule has 0 saturated carbocycles. The molecule has 39 heavy (non-hydrogen) atoms. The number of carbonyl (C=O) groups is 3. The molecule has 0 spiro atoms. The third kappa shape index (κ3) is 5.34. The largest absolute Gasteiger partial charge is 0.480 e. The van der Waals surface area contributed by atoms with Crippen molar-refractivity contribution in [3.63, 3.8) is 0 Å². The molecule has 0 saturated heterocycles. The molecular weight excluding hydrogens is 498 g/mol. The monoisotopic (exact) mass is 527 g/mol. The number of nitrogens with zero attached hydrogens (tertiary/aromatic N) is 2. The van der Waals surface area contributed by atoms with Crippen molar-refractivity contribution in [1.29, 1.82) is 0 Å². The third-order valence-corrected chi connectivity index (χ3v) is 6.56. The molecule has 2 N–H and O–H groups in total. The molecule has 1 heterocycles. The number of aromatic nitrogens is 2. The van der Waals surface area contributed by atoms with E-state index >= 15 is 0 Å². The van der Waals surface area contributed by atoms with Gasteiger partial charge in [-0.15, -0.1) is 0 Å². The summed E-state index contributed by atoms with van der Waals surface area (Å²) in [5.41, 5.74) is 4.38. The number of para-hydroxylation sites is 1. The Morgan fingerprint density at radius 3 is 2.15 bits per heavy atom. The standard InChI is InChI=1S/C30H29N3O6/c1-30(2,3)39-29(37)33-26-15-9-8-14-22(26)24(32-33)16-25(27(34)35)31-28(36)38-17-23-20-12-6-4-10-18(20)19-11-5-7-13-21(19)23/h4-15,23,25H,16-17H2,1-3H3,(H,31,36)(H,34,35)/t25-/m0/s1. The summed E-state index contributed by atoms with van der Waals surface area (Å²) in [5, 5.41) is 17.3. The van der Waals surface area contributed by atoms with Crippen LogP contribution in [0.2, 0.25) is 0 Å². The number of rotatable bonds is 6. The van der Waals surface area contributed by atoms with Crippen molar-refractivity contribution in [3.8, 4) is 11.1 Å². The first-order valence-electron chi connectivity index (χ1n) is 12.7. The van der Waals surface area contributed by atoms with Gasteiger partial charge in [-0.3, -0.25) is 0 Å². The Labute approximate surface area is 225 Å². The Balaban J connectivity index is 1.31. The number of nitrogens with one attached hydrogen (secondary N) is 1. The molecule has 1 aliphatic rings. The summed E-state index contributed by atoms with van der Waals surface area (Å²) in [6.07, 6.45) is -1.68. The van der Waals surface area contributed by atoms with E-state index in [-0.39, 0.29) is 18.9 Å². The SMILES string of the molecule is CC(C)(C)OC(=O)n1nc(C[C@H](NC(=O)OCC2c3ccccc3-c3ccccc32)C(=O)O)c2ccccc21. The van der Waals surface area contributed by atoms with E-state index in [4.69, 9.17) is 9.47 Å². The average Bonchev–Trinajstić information content (AvgIpc) is 3.42. The summed E-state index contributed by atoms with van der Waals surface area (Å²) in [4.78, 5) is 37.6. The van der Waals surface area contributed by atoms with Gasteiger partial charge in [0.05, 0.1) is 11.2 Å². The van der Waals surface area contributed by atoms with Crippen LogP contribution in [0.1, 0.15) is 43.5 Å². The Morgan fingerprint density at radius 2 is 1.54 bits per heavy atom. The highest BCUT2D eigenvalue weighted by Gasteiger charge is 2.30. The number of alkyl carbamates (subject to hydrolysis) is 1. The Morgan fingerprint density at radius 1 is 0.949 bits per heavy atom. The van der Waals surface area contributed by atoms with Gasteiger partial charge in [0.2, 0.25) is 0 Å². The zero-order valence-corrected chi connectivity index (χ0v) is 21.9. The van der Waals surface area contributed by atoms with Crippen LogP contribution in [0.4, 0.5) is 9.59 Å². The molecule has 3 aromatic carbocycles. The fraction of sp³-hybridized carbons (Fsp3) is 0.267. The van der Waals surface area contributed by atoms with Gasteiger partial charge >= 0.3 is 18.2 Å². The van der Waals surface area contributed by atoms with Gasteiger partial charge in [-0.2, -0.15) is 9.78 Å². The molecule has 1 aliphatic carbocycles. The molecule has 0 aliphatic heterocycles. The Kier molecular flexibility index (Phi) is 6.82. The zero-order chi connectivity index (χ0) is 27.7. The summed E-state index contributed by atoms with van der Waals surface area (Å²) >= 11 is 0. The van der Waals surface area contributed by atoms with Crippen molar-refractivity contribution >= 4 is 29.1 Å². The highest BCUT2D eigenvalue weighted by atomic mass is 16.6. The molecule has 1 atom stereocenters. The second-order valence-electron chi connectivity index (χ2n) is 10.4. The number of hydrogen-bond donors (Lipinski definition) is 2. The maximum atomic E-state index is 12.8. The molecular formula is C30H29N3O6. The van der Waals surface area contributed by atoms with Gasteiger partial charge in [0.15, 0.2) is 0 Å². The third-order valence-electron chi connectivity index (χ3n) is 6.56. The first kappa shape index (κ1) is 26.0. The van der Waals surface area contributed by atoms with Crippen molar-refractivity contribution < 1.29 is 29.0 Å². The maximum Gasteiger partial charge on any atom is 0.435 e. The molecule has 0 radical (unpaired) electrons. The number of carboxylic acid groups (broad SMARTS) is 1. The summed E-state index contributed by atoms with van der Waals surface area (Å²) in [5.74, 6) is -1.40. The van der Waals surface area contributed by atoms with E-state index < -0.39 is 29.8 Å². The molecule has 0 fully saturated rings. The maximum absolute atomic E-state index is 12.8. The van der Waals surface area contributed by atoms with Gasteiger partial charge in [0, 0.05) is 17.7 Å². The van der Waals surface area contributed by atoms with E-state index in [1.54, 1.807) is 45.0 Å². The molecule has 0 bridgehead atoms. The van der Waals surface area contributed by atoms with Crippen LogP contribution in [-0.2, 0) is 20.7 Å². The highest BCUT2D eigenvalue weighted by molar-refractivity contribution is 5.90. The van der Waals surface area contributed by atoms with Gasteiger partial charge < -0.3 is 19.9 Å². The molecule has 1 amide bonds. The van der Waals surface area contributed by atoms with Gasteiger partial charge in [0.25, 0.3) is 0 Å². The van der Waals surface area contributed by atoms with Crippen LogP contribution in [0.3, 0.4) is 0 Å². The smallest absolute Gasteiger partial charge is 0.435 e. The minimum atomic E-state index is -1.33. The van der Waals surface area contributed by atoms with Gasteiger partial charge in [-0.05, 0) is 49.1 Å². The molecule has 0 unspecified atom stereocenters. The quantitative estimate of drug-likeness (QED) is 0.347. The van der Waals surface area contributed by atoms with Crippen LogP contribution in [0.5, 0.6) is 0 Å². The number of benzene rings is 3. The second-order valence-corrected chi connectivity index (χ2v) is 10.4. The number of fused-ring (bicyclic) bond motifs is 4. The number of carboxylic acids is 1. The van der Waals surface area contributed by atoms with Gasteiger partial charge in [0.1, 0.15) is 18.2 Å². The summed E-state index contributed by atoms with van der Waals surface area (Å²) in [6.45, 7) is 5.30. The van der Waals surface area contributed by atoms with Crippen LogP contribution in [0, 0.1) is 0 Å². The van der Waals surface area contributed by atoms with Crippen molar-refractivity contribution in [2.45, 2.75) is 44.8 Å². The Bertz CT molecular complexity index is 1520. The number of aliphatic carboxylic acids is 1. The summed E-state index contributed by atoms with van der Waals surface area (Å²) in [7, 11) is 0. The molecule has 9 nitrogen and oxygen atoms in total. The fourth-order valence-corrected chi connectivity index (χ4v) is 4.90. The van der Waals surface area contributed by atoms with E-state index in [0.29, 0.717) is 16.6 Å². The normalized spacial score (nSPS) is 13.4. The van der Waals surface area contributed by atoms with Crippen molar-refractivity contribution in [2.24, 2.45) is 0 Å². The number of carbonyl (C=O) groups excluding carboxylic acids is 2. The Hall–Kier alpha value is -4.66. The average molecular weight is 528 g/mol. The van der Waals surface area contributed by atoms with Gasteiger partial charge in [-0.25, -0.2) is 14.4 Å². The fourth-order valence-electron chi connectivity index (χ4n) is 4.90. The first-order chi connectivity index (χ1) is 18.6. The predicted octanol–water partition coefficient (Wildman–Crippen LogP) is 5.35. The molecule has 5 rings (SSSR count). The second kappa shape index (κ2) is 10.2. The van der Waals surface area contributed by atoms with E-state index in [1.165, 1.54) is 0 Å². The van der Waals surface area contributed by atoms with Crippen molar-refractivity contribution in [1.82, 2.24) is 15.1 Å². The molecule has 4 aromatic rings. The number of amides is 1. The first-order valence-corrected chi connectivity index (χ1v) is 12.7. The predicted molar refractivity (Wildman–Crippen MR) is 145 cm³/mol.